The zero-order valence-electron chi connectivity index (χ0n) is 16.6. The van der Waals surface area contributed by atoms with Crippen LogP contribution in [-0.2, 0) is 9.53 Å². The van der Waals surface area contributed by atoms with E-state index in [1.165, 1.54) is 6.08 Å². The van der Waals surface area contributed by atoms with E-state index in [4.69, 9.17) is 38.0 Å². The summed E-state index contributed by atoms with van der Waals surface area (Å²) in [4.78, 5) is 14.9. The molecule has 30 heavy (non-hydrogen) atoms. The third-order valence-corrected chi connectivity index (χ3v) is 5.91. The largest absolute Gasteiger partial charge is 0.493 e. The molecule has 1 saturated heterocycles. The Balaban J connectivity index is 1.90. The number of carbonyl (C=O) groups excluding carboxylic acids is 1. The smallest absolute Gasteiger partial charge is 0.317 e. The van der Waals surface area contributed by atoms with Gasteiger partial charge in [-0.1, -0.05) is 42.5 Å². The maximum Gasteiger partial charge on any atom is 0.317 e. The van der Waals surface area contributed by atoms with E-state index in [1.807, 2.05) is 37.3 Å². The first kappa shape index (κ1) is 20.5. The number of thiocarbonyl (C=S) groups is 1. The standard InChI is InChI=1S/C22H21ClN2O4S/c1-4-11-28-20(26)17-18-15-9-6-10-16(27-3)19(15)29-22(17,2)25(21(30)24-18)14-8-5-7-13(23)12-14/h4-10,12,17-18H,1,11H2,2-3H3,(H,24,30). The summed E-state index contributed by atoms with van der Waals surface area (Å²) in [6, 6.07) is 12.3. The van der Waals surface area contributed by atoms with Crippen LogP contribution in [0.25, 0.3) is 0 Å². The van der Waals surface area contributed by atoms with Crippen molar-refractivity contribution in [3.05, 3.63) is 65.7 Å². The monoisotopic (exact) mass is 444 g/mol. The summed E-state index contributed by atoms with van der Waals surface area (Å²) >= 11 is 11.9. The number of benzene rings is 2. The van der Waals surface area contributed by atoms with E-state index in [2.05, 4.69) is 11.9 Å². The van der Waals surface area contributed by atoms with Crippen molar-refractivity contribution in [2.45, 2.75) is 18.7 Å². The van der Waals surface area contributed by atoms with Gasteiger partial charge in [0.05, 0.1) is 13.2 Å². The second-order valence-electron chi connectivity index (χ2n) is 7.17. The summed E-state index contributed by atoms with van der Waals surface area (Å²) in [5.74, 6) is -0.00905. The van der Waals surface area contributed by atoms with Gasteiger partial charge in [-0.2, -0.15) is 0 Å². The van der Waals surface area contributed by atoms with E-state index in [1.54, 1.807) is 24.1 Å². The topological polar surface area (TPSA) is 60.0 Å². The minimum atomic E-state index is -1.18. The molecule has 0 amide bonds. The molecule has 1 fully saturated rings. The highest BCUT2D eigenvalue weighted by Crippen LogP contribution is 2.52. The molecule has 3 atom stereocenters. The Bertz CT molecular complexity index is 1030. The van der Waals surface area contributed by atoms with Crippen LogP contribution in [0.3, 0.4) is 0 Å². The zero-order valence-corrected chi connectivity index (χ0v) is 18.1. The fourth-order valence-corrected chi connectivity index (χ4v) is 4.72. The van der Waals surface area contributed by atoms with Gasteiger partial charge in [-0.25, -0.2) is 0 Å². The highest BCUT2D eigenvalue weighted by atomic mass is 35.5. The molecule has 2 aliphatic rings. The fourth-order valence-electron chi connectivity index (χ4n) is 4.13. The summed E-state index contributed by atoms with van der Waals surface area (Å²) in [6.45, 7) is 5.55. The number of carbonyl (C=O) groups is 1. The summed E-state index contributed by atoms with van der Waals surface area (Å²) in [5, 5.41) is 4.27. The minimum Gasteiger partial charge on any atom is -0.493 e. The number of hydrogen-bond acceptors (Lipinski definition) is 5. The van der Waals surface area contributed by atoms with Gasteiger partial charge in [0, 0.05) is 16.3 Å². The molecular formula is C22H21ClN2O4S. The summed E-state index contributed by atoms with van der Waals surface area (Å²) < 4.78 is 17.5. The van der Waals surface area contributed by atoms with Crippen LogP contribution in [0.1, 0.15) is 18.5 Å². The van der Waals surface area contributed by atoms with Crippen molar-refractivity contribution >= 4 is 40.6 Å². The predicted molar refractivity (Wildman–Crippen MR) is 119 cm³/mol. The van der Waals surface area contributed by atoms with Crippen LogP contribution in [-0.4, -0.2) is 30.5 Å². The van der Waals surface area contributed by atoms with E-state index in [0.717, 1.165) is 5.56 Å². The maximum atomic E-state index is 13.2. The van der Waals surface area contributed by atoms with Crippen LogP contribution in [0, 0.1) is 5.92 Å². The van der Waals surface area contributed by atoms with E-state index in [-0.39, 0.29) is 6.61 Å². The first-order valence-electron chi connectivity index (χ1n) is 9.40. The lowest BCUT2D eigenvalue weighted by molar-refractivity contribution is -0.159. The third-order valence-electron chi connectivity index (χ3n) is 5.37. The number of ether oxygens (including phenoxy) is 3. The highest BCUT2D eigenvalue weighted by molar-refractivity contribution is 7.80. The molecule has 0 radical (unpaired) electrons. The molecule has 0 aromatic heterocycles. The van der Waals surface area contributed by atoms with Gasteiger partial charge >= 0.3 is 5.97 Å². The van der Waals surface area contributed by atoms with E-state index in [0.29, 0.717) is 27.3 Å². The van der Waals surface area contributed by atoms with Crippen LogP contribution in [0.2, 0.25) is 5.02 Å². The van der Waals surface area contributed by atoms with Gasteiger partial charge in [-0.05, 0) is 43.4 Å². The second-order valence-corrected chi connectivity index (χ2v) is 8.00. The van der Waals surface area contributed by atoms with Gasteiger partial charge in [0.2, 0.25) is 5.72 Å². The van der Waals surface area contributed by atoms with Crippen molar-refractivity contribution in [1.29, 1.82) is 0 Å². The van der Waals surface area contributed by atoms with Gasteiger partial charge in [-0.15, -0.1) is 0 Å². The van der Waals surface area contributed by atoms with Crippen LogP contribution in [0.4, 0.5) is 5.69 Å². The molecule has 2 bridgehead atoms. The molecule has 156 valence electrons. The lowest BCUT2D eigenvalue weighted by atomic mass is 9.79. The molecule has 6 nitrogen and oxygen atoms in total. The average molecular weight is 445 g/mol. The number of para-hydroxylation sites is 1. The minimum absolute atomic E-state index is 0.102. The molecule has 2 heterocycles. The number of rotatable bonds is 5. The number of anilines is 1. The molecule has 0 aliphatic carbocycles. The first-order chi connectivity index (χ1) is 14.4. The number of nitrogens with one attached hydrogen (secondary N) is 1. The first-order valence-corrected chi connectivity index (χ1v) is 10.2. The lowest BCUT2D eigenvalue weighted by Crippen LogP contribution is -2.71. The van der Waals surface area contributed by atoms with E-state index >= 15 is 0 Å². The predicted octanol–water partition coefficient (Wildman–Crippen LogP) is 4.24. The van der Waals surface area contributed by atoms with Gasteiger partial charge in [0.15, 0.2) is 16.6 Å². The number of hydrogen-bond donors (Lipinski definition) is 1. The van der Waals surface area contributed by atoms with Crippen molar-refractivity contribution in [3.8, 4) is 11.5 Å². The van der Waals surface area contributed by atoms with Crippen molar-refractivity contribution in [1.82, 2.24) is 5.32 Å². The number of methoxy groups -OCH3 is 1. The van der Waals surface area contributed by atoms with Gasteiger partial charge in [-0.3, -0.25) is 9.69 Å². The van der Waals surface area contributed by atoms with Gasteiger partial charge < -0.3 is 19.5 Å². The molecule has 2 aliphatic heterocycles. The lowest BCUT2D eigenvalue weighted by Gasteiger charge is -2.55. The van der Waals surface area contributed by atoms with Crippen molar-refractivity contribution < 1.29 is 19.0 Å². The fraction of sp³-hybridized carbons (Fsp3) is 0.273. The summed E-state index contributed by atoms with van der Waals surface area (Å²) in [5.41, 5.74) is 0.290. The molecule has 8 heteroatoms. The van der Waals surface area contributed by atoms with Crippen LogP contribution in [0.15, 0.2) is 55.1 Å². The zero-order chi connectivity index (χ0) is 21.5. The number of esters is 1. The third kappa shape index (κ3) is 3.18. The van der Waals surface area contributed by atoms with Crippen molar-refractivity contribution in [2.75, 3.05) is 18.6 Å². The molecular weight excluding hydrogens is 424 g/mol. The van der Waals surface area contributed by atoms with Gasteiger partial charge in [0.1, 0.15) is 12.5 Å². The molecule has 2 aromatic carbocycles. The maximum absolute atomic E-state index is 13.2. The molecule has 0 spiro atoms. The van der Waals surface area contributed by atoms with Crippen LogP contribution < -0.4 is 19.7 Å². The molecule has 2 aromatic rings. The van der Waals surface area contributed by atoms with E-state index in [9.17, 15) is 4.79 Å². The summed E-state index contributed by atoms with van der Waals surface area (Å²) in [7, 11) is 1.58. The number of nitrogens with zero attached hydrogens (tertiary/aromatic N) is 1. The summed E-state index contributed by atoms with van der Waals surface area (Å²) in [6.07, 6.45) is 1.53. The van der Waals surface area contributed by atoms with Crippen LogP contribution in [0.5, 0.6) is 11.5 Å². The number of fused-ring (bicyclic) bond motifs is 4. The number of halogens is 1. The highest BCUT2D eigenvalue weighted by Gasteiger charge is 2.60. The normalized spacial score (nSPS) is 24.2. The van der Waals surface area contributed by atoms with Crippen LogP contribution >= 0.6 is 23.8 Å². The second kappa shape index (κ2) is 7.81. The molecule has 0 saturated carbocycles. The quantitative estimate of drug-likeness (QED) is 0.420. The SMILES string of the molecule is C=CCOC(=O)C1C2NC(=S)N(c3cccc(Cl)c3)C1(C)Oc1c(OC)cccc12. The molecule has 1 N–H and O–H groups in total. The van der Waals surface area contributed by atoms with Gasteiger partial charge in [0.25, 0.3) is 0 Å². The Hall–Kier alpha value is -2.77. The van der Waals surface area contributed by atoms with E-state index < -0.39 is 23.7 Å². The Morgan fingerprint density at radius 1 is 1.40 bits per heavy atom. The Morgan fingerprint density at radius 3 is 2.87 bits per heavy atom. The molecule has 3 unspecified atom stereocenters. The Labute approximate surface area is 185 Å². The van der Waals surface area contributed by atoms with Crippen molar-refractivity contribution in [3.63, 3.8) is 0 Å². The van der Waals surface area contributed by atoms with Crippen molar-refractivity contribution in [2.24, 2.45) is 5.92 Å². The molecule has 4 rings (SSSR count). The average Bonchev–Trinajstić information content (AvgIpc) is 2.71. The Kier molecular flexibility index (Phi) is 5.34. The Morgan fingerprint density at radius 2 is 2.17 bits per heavy atom.